The second-order valence-corrected chi connectivity index (χ2v) is 15.9. The summed E-state index contributed by atoms with van der Waals surface area (Å²) in [6.07, 6.45) is 0. The highest BCUT2D eigenvalue weighted by molar-refractivity contribution is 7.33. The lowest BCUT2D eigenvalue weighted by atomic mass is 10.2. The van der Waals surface area contributed by atoms with Gasteiger partial charge in [0.05, 0.1) is 10.1 Å². The maximum Gasteiger partial charge on any atom is 0.697 e. The van der Waals surface area contributed by atoms with E-state index in [0.717, 1.165) is 0 Å². The molecule has 0 bridgehead atoms. The van der Waals surface area contributed by atoms with E-state index in [1.807, 2.05) is 69.2 Å². The second-order valence-electron chi connectivity index (χ2n) is 8.25. The fourth-order valence-electron chi connectivity index (χ4n) is 3.20. The summed E-state index contributed by atoms with van der Waals surface area (Å²) >= 11 is 0. The summed E-state index contributed by atoms with van der Waals surface area (Å²) in [5.41, 5.74) is 0. The molecule has 0 radical (unpaired) electrons. The van der Waals surface area contributed by atoms with E-state index in [2.05, 4.69) is 0 Å². The third-order valence-electron chi connectivity index (χ3n) is 4.73. The van der Waals surface area contributed by atoms with E-state index in [0.29, 0.717) is 39.6 Å². The van der Waals surface area contributed by atoms with Crippen LogP contribution in [-0.2, 0) is 40.2 Å². The minimum atomic E-state index is -3.07. The van der Waals surface area contributed by atoms with Gasteiger partial charge in [0.15, 0.2) is 0 Å². The monoisotopic (exact) mass is 517 g/mol. The molecule has 0 saturated carbocycles. The highest BCUT2D eigenvalue weighted by atomic mass is 31.1. The van der Waals surface area contributed by atoms with Crippen LogP contribution < -0.4 is 0 Å². The lowest BCUT2D eigenvalue weighted by Gasteiger charge is -2.39. The molecule has 0 aliphatic rings. The molecule has 0 aromatic rings. The van der Waals surface area contributed by atoms with E-state index in [1.165, 1.54) is 0 Å². The molecule has 32 heavy (non-hydrogen) atoms. The molecule has 0 unspecified atom stereocenters. The maximum atomic E-state index is 12.6. The Morgan fingerprint density at radius 3 is 0.938 bits per heavy atom. The zero-order valence-electron chi connectivity index (χ0n) is 21.8. The Morgan fingerprint density at radius 2 is 0.750 bits per heavy atom. The van der Waals surface area contributed by atoms with Crippen molar-refractivity contribution in [1.29, 1.82) is 0 Å². The van der Waals surface area contributed by atoms with Gasteiger partial charge in [-0.1, -0.05) is 27.7 Å². The van der Waals surface area contributed by atoms with Crippen molar-refractivity contribution < 1.29 is 40.2 Å². The predicted molar refractivity (Wildman–Crippen MR) is 129 cm³/mol. The molecule has 9 nitrogen and oxygen atoms in total. The summed E-state index contributed by atoms with van der Waals surface area (Å²) in [6.45, 7) is 22.0. The van der Waals surface area contributed by atoms with E-state index in [9.17, 15) is 4.57 Å². The maximum absolute atomic E-state index is 12.6. The van der Waals surface area contributed by atoms with Gasteiger partial charge in [-0.05, 0) is 41.5 Å². The summed E-state index contributed by atoms with van der Waals surface area (Å²) in [7, 11) is -8.55. The molecule has 0 fully saturated rings. The molecule has 12 heteroatoms. The predicted octanol–water partition coefficient (Wildman–Crippen LogP) is 5.33. The summed E-state index contributed by atoms with van der Waals surface area (Å²) < 4.78 is 59.7. The molecular formula is C20H46O9PSi2+. The third kappa shape index (κ3) is 8.77. The zero-order chi connectivity index (χ0) is 24.9. The molecule has 0 amide bonds. The summed E-state index contributed by atoms with van der Waals surface area (Å²) in [4.78, 5) is 0. The Hall–Kier alpha value is 0.214. The van der Waals surface area contributed by atoms with Crippen LogP contribution in [-0.4, -0.2) is 70.5 Å². The molecule has 192 valence electrons. The average Bonchev–Trinajstić information content (AvgIpc) is 2.71. The Labute approximate surface area is 198 Å². The largest absolute Gasteiger partial charge is 0.697 e. The molecule has 0 aromatic heterocycles. The molecular weight excluding hydrogens is 471 g/mol. The van der Waals surface area contributed by atoms with Crippen molar-refractivity contribution in [3.63, 3.8) is 0 Å². The van der Waals surface area contributed by atoms with Gasteiger partial charge in [0.1, 0.15) is 13.2 Å². The smallest absolute Gasteiger partial charge is 0.373 e. The van der Waals surface area contributed by atoms with Crippen LogP contribution in [0.5, 0.6) is 0 Å². The van der Waals surface area contributed by atoms with Gasteiger partial charge < -0.3 is 26.6 Å². The number of hydrogen-bond acceptors (Lipinski definition) is 9. The first-order valence-electron chi connectivity index (χ1n) is 11.5. The van der Waals surface area contributed by atoms with Gasteiger partial charge in [-0.3, -0.25) is 0 Å². The van der Waals surface area contributed by atoms with E-state index in [1.54, 1.807) is 0 Å². The van der Waals surface area contributed by atoms with Crippen LogP contribution in [0.1, 0.15) is 69.2 Å². The summed E-state index contributed by atoms with van der Waals surface area (Å²) in [5.74, 6) is 0. The highest BCUT2D eigenvalue weighted by Crippen LogP contribution is 2.45. The molecule has 0 rings (SSSR count). The topological polar surface area (TPSA) is 90.9 Å². The van der Waals surface area contributed by atoms with Crippen LogP contribution in [0.2, 0.25) is 10.1 Å². The van der Waals surface area contributed by atoms with Crippen molar-refractivity contribution >= 4 is 25.9 Å². The molecule has 0 N–H and O–H groups in total. The van der Waals surface area contributed by atoms with E-state index in [4.69, 9.17) is 35.6 Å². The normalized spacial score (nSPS) is 13.6. The number of hydrogen-bond donors (Lipinski definition) is 0. The van der Waals surface area contributed by atoms with Crippen molar-refractivity contribution in [3.8, 4) is 0 Å². The van der Waals surface area contributed by atoms with Crippen LogP contribution >= 0.6 is 8.25 Å². The Kier molecular flexibility index (Phi) is 15.4. The first-order chi connectivity index (χ1) is 15.0. The lowest BCUT2D eigenvalue weighted by Crippen LogP contribution is -2.56. The quantitative estimate of drug-likeness (QED) is 0.157. The minimum absolute atomic E-state index is 0.0970. The summed E-state index contributed by atoms with van der Waals surface area (Å²) in [5, 5.41) is -1.25. The Bertz CT molecular complexity index is 457. The fraction of sp³-hybridized carbons (Fsp3) is 1.00. The average molecular weight is 518 g/mol. The van der Waals surface area contributed by atoms with Crippen molar-refractivity contribution in [1.82, 2.24) is 0 Å². The lowest BCUT2D eigenvalue weighted by molar-refractivity contribution is 0.0335. The standard InChI is InChI=1S/C20H46O9PSi2/c1-11-24-31(25-12-2,26-13-3)19(7,8)17-22-30(21)23-18-20(9,10)32(27-14-4,28-15-5)29-16-6/h11-18H2,1-10H3/q+1. The van der Waals surface area contributed by atoms with E-state index in [-0.39, 0.29) is 13.2 Å². The summed E-state index contributed by atoms with van der Waals surface area (Å²) in [6, 6.07) is 0. The third-order valence-corrected chi connectivity index (χ3v) is 13.0. The molecule has 0 saturated heterocycles. The van der Waals surface area contributed by atoms with Crippen molar-refractivity contribution in [3.05, 3.63) is 0 Å². The molecule has 0 spiro atoms. The molecule has 0 heterocycles. The van der Waals surface area contributed by atoms with Crippen LogP contribution in [0.25, 0.3) is 0 Å². The van der Waals surface area contributed by atoms with Crippen molar-refractivity contribution in [2.24, 2.45) is 0 Å². The van der Waals surface area contributed by atoms with Gasteiger partial charge >= 0.3 is 25.9 Å². The Balaban J connectivity index is 5.27. The molecule has 0 atom stereocenters. The minimum Gasteiger partial charge on any atom is -0.373 e. The SMILES string of the molecule is CCO[Si](OCC)(OCC)C(C)(C)CO[P+](=O)OCC(C)(C)[Si](OCC)(OCC)OCC. The van der Waals surface area contributed by atoms with Crippen LogP contribution in [0.3, 0.4) is 0 Å². The molecule has 0 aliphatic carbocycles. The van der Waals surface area contributed by atoms with Gasteiger partial charge in [-0.15, -0.1) is 9.05 Å². The van der Waals surface area contributed by atoms with Crippen molar-refractivity contribution in [2.75, 3.05) is 52.9 Å². The fourth-order valence-corrected chi connectivity index (χ4v) is 10.0. The van der Waals surface area contributed by atoms with Gasteiger partial charge in [-0.25, -0.2) is 0 Å². The second kappa shape index (κ2) is 15.3. The van der Waals surface area contributed by atoms with Gasteiger partial charge in [-0.2, -0.15) is 0 Å². The van der Waals surface area contributed by atoms with Gasteiger partial charge in [0, 0.05) is 44.2 Å². The van der Waals surface area contributed by atoms with Crippen LogP contribution in [0.15, 0.2) is 0 Å². The van der Waals surface area contributed by atoms with E-state index >= 15 is 0 Å². The number of rotatable bonds is 20. The van der Waals surface area contributed by atoms with Gasteiger partial charge in [0.2, 0.25) is 0 Å². The molecule has 0 aromatic carbocycles. The molecule has 0 aliphatic heterocycles. The highest BCUT2D eigenvalue weighted by Gasteiger charge is 2.59. The first-order valence-corrected chi connectivity index (χ1v) is 16.1. The van der Waals surface area contributed by atoms with Crippen molar-refractivity contribution in [2.45, 2.75) is 79.3 Å². The van der Waals surface area contributed by atoms with E-state index < -0.39 is 35.9 Å². The van der Waals surface area contributed by atoms with Crippen LogP contribution in [0.4, 0.5) is 0 Å². The first kappa shape index (κ1) is 32.2. The van der Waals surface area contributed by atoms with Gasteiger partial charge in [0.25, 0.3) is 0 Å². The Morgan fingerprint density at radius 1 is 0.531 bits per heavy atom. The van der Waals surface area contributed by atoms with Crippen LogP contribution in [0, 0.1) is 0 Å². The zero-order valence-corrected chi connectivity index (χ0v) is 24.7.